The number of aryl methyl sites for hydroxylation is 1. The zero-order valence-corrected chi connectivity index (χ0v) is 12.1. The number of hydrogen-bond acceptors (Lipinski definition) is 5. The van der Waals surface area contributed by atoms with Crippen LogP contribution in [-0.4, -0.2) is 36.9 Å². The molecule has 0 spiro atoms. The van der Waals surface area contributed by atoms with Crippen LogP contribution in [0.2, 0.25) is 0 Å². The Labute approximate surface area is 111 Å². The largest absolute Gasteiger partial charge is 0.284 e. The van der Waals surface area contributed by atoms with E-state index >= 15 is 0 Å². The van der Waals surface area contributed by atoms with E-state index in [1.165, 1.54) is 11.3 Å². The van der Waals surface area contributed by atoms with Crippen LogP contribution in [0.15, 0.2) is 5.38 Å². The van der Waals surface area contributed by atoms with Gasteiger partial charge in [-0.2, -0.15) is 0 Å². The van der Waals surface area contributed by atoms with Gasteiger partial charge in [-0.05, 0) is 19.8 Å². The summed E-state index contributed by atoms with van der Waals surface area (Å²) in [5.74, 6) is -0.777. The van der Waals surface area contributed by atoms with Gasteiger partial charge >= 0.3 is 0 Å². The molecule has 0 aromatic carbocycles. The number of carbonyl (C=O) groups is 1. The van der Waals surface area contributed by atoms with Crippen LogP contribution in [0.3, 0.4) is 0 Å². The van der Waals surface area contributed by atoms with Crippen molar-refractivity contribution in [1.82, 2.24) is 4.98 Å². The fourth-order valence-corrected chi connectivity index (χ4v) is 3.22. The van der Waals surface area contributed by atoms with Gasteiger partial charge in [0.15, 0.2) is 15.0 Å². The normalized spacial score (nSPS) is 15.7. The molecular formula is C11H16N2O3S2. The van der Waals surface area contributed by atoms with Crippen LogP contribution < -0.4 is 4.90 Å². The minimum Gasteiger partial charge on any atom is -0.284 e. The Morgan fingerprint density at radius 2 is 2.22 bits per heavy atom. The van der Waals surface area contributed by atoms with Gasteiger partial charge in [0.1, 0.15) is 5.75 Å². The van der Waals surface area contributed by atoms with Gasteiger partial charge in [0.05, 0.1) is 5.69 Å². The van der Waals surface area contributed by atoms with E-state index in [0.29, 0.717) is 5.13 Å². The van der Waals surface area contributed by atoms with E-state index < -0.39 is 15.6 Å². The molecule has 0 atom stereocenters. The van der Waals surface area contributed by atoms with Gasteiger partial charge in [-0.25, -0.2) is 13.4 Å². The first-order chi connectivity index (χ1) is 8.43. The first-order valence-electron chi connectivity index (χ1n) is 5.87. The molecule has 1 aromatic rings. The van der Waals surface area contributed by atoms with Crippen LogP contribution in [-0.2, 0) is 14.6 Å². The Morgan fingerprint density at radius 1 is 1.56 bits per heavy atom. The van der Waals surface area contributed by atoms with E-state index in [1.54, 1.807) is 11.8 Å². The van der Waals surface area contributed by atoms with Gasteiger partial charge in [-0.3, -0.25) is 9.69 Å². The maximum atomic E-state index is 12.1. The van der Waals surface area contributed by atoms with Gasteiger partial charge in [0.25, 0.3) is 0 Å². The number of nitrogens with zero attached hydrogens (tertiary/aromatic N) is 2. The van der Waals surface area contributed by atoms with Crippen LogP contribution in [0.25, 0.3) is 0 Å². The third kappa shape index (κ3) is 3.08. The summed E-state index contributed by atoms with van der Waals surface area (Å²) in [5, 5.41) is 2.48. The number of anilines is 1. The predicted molar refractivity (Wildman–Crippen MR) is 71.7 cm³/mol. The van der Waals surface area contributed by atoms with Gasteiger partial charge < -0.3 is 0 Å². The summed E-state index contributed by atoms with van der Waals surface area (Å²) in [6, 6.07) is 0.134. The summed E-state index contributed by atoms with van der Waals surface area (Å²) in [6.45, 7) is 3.41. The number of sulfone groups is 1. The van der Waals surface area contributed by atoms with E-state index in [-0.39, 0.29) is 17.7 Å². The number of amides is 1. The number of thiazole rings is 1. The quantitative estimate of drug-likeness (QED) is 0.821. The van der Waals surface area contributed by atoms with E-state index in [1.807, 2.05) is 12.3 Å². The molecule has 18 heavy (non-hydrogen) atoms. The van der Waals surface area contributed by atoms with Crippen molar-refractivity contribution in [1.29, 1.82) is 0 Å². The third-order valence-corrected chi connectivity index (χ3v) is 5.30. The maximum absolute atomic E-state index is 12.1. The molecule has 5 nitrogen and oxygen atoms in total. The topological polar surface area (TPSA) is 67.3 Å². The number of hydrogen-bond donors (Lipinski definition) is 0. The molecule has 1 heterocycles. The Hall–Kier alpha value is -0.950. The number of rotatable bonds is 5. The lowest BCUT2D eigenvalue weighted by Gasteiger charge is -2.19. The van der Waals surface area contributed by atoms with Crippen molar-refractivity contribution >= 4 is 32.2 Å². The molecule has 1 aliphatic carbocycles. The third-order valence-electron chi connectivity index (χ3n) is 2.78. The van der Waals surface area contributed by atoms with Crippen molar-refractivity contribution in [2.24, 2.45) is 0 Å². The number of carbonyl (C=O) groups excluding carboxylic acids is 1. The Kier molecular flexibility index (Phi) is 3.72. The summed E-state index contributed by atoms with van der Waals surface area (Å²) in [5.41, 5.74) is 0.854. The zero-order valence-electron chi connectivity index (χ0n) is 10.4. The van der Waals surface area contributed by atoms with Crippen molar-refractivity contribution in [2.45, 2.75) is 32.7 Å². The smallest absolute Gasteiger partial charge is 0.244 e. The van der Waals surface area contributed by atoms with Gasteiger partial charge in [0, 0.05) is 17.2 Å². The Morgan fingerprint density at radius 3 is 2.67 bits per heavy atom. The molecule has 100 valence electrons. The van der Waals surface area contributed by atoms with Gasteiger partial charge in [-0.15, -0.1) is 11.3 Å². The van der Waals surface area contributed by atoms with Crippen LogP contribution in [0.1, 0.15) is 25.5 Å². The lowest BCUT2D eigenvalue weighted by Crippen LogP contribution is -2.37. The fraction of sp³-hybridized carbons (Fsp3) is 0.636. The number of aromatic nitrogens is 1. The molecule has 1 aromatic heterocycles. The highest BCUT2D eigenvalue weighted by molar-refractivity contribution is 7.92. The lowest BCUT2D eigenvalue weighted by molar-refractivity contribution is -0.116. The molecule has 7 heteroatoms. The lowest BCUT2D eigenvalue weighted by atomic mass is 10.5. The van der Waals surface area contributed by atoms with Crippen molar-refractivity contribution in [3.63, 3.8) is 0 Å². The van der Waals surface area contributed by atoms with Gasteiger partial charge in [-0.1, -0.05) is 6.92 Å². The first-order valence-corrected chi connectivity index (χ1v) is 8.57. The highest BCUT2D eigenvalue weighted by Gasteiger charge is 2.36. The van der Waals surface area contributed by atoms with Crippen LogP contribution >= 0.6 is 11.3 Å². The molecule has 1 aliphatic rings. The fourth-order valence-electron chi connectivity index (χ4n) is 1.61. The summed E-state index contributed by atoms with van der Waals surface area (Å²) >= 11 is 1.39. The van der Waals surface area contributed by atoms with Gasteiger partial charge in [0.2, 0.25) is 5.91 Å². The summed E-state index contributed by atoms with van der Waals surface area (Å²) in [4.78, 5) is 18.0. The first kappa shape index (κ1) is 13.5. The standard InChI is InChI=1S/C11H16N2O3S2/c1-3-18(15,16)7-10(14)13(9-4-5-9)11-12-8(2)6-17-11/h6,9H,3-5,7H2,1-2H3. The molecule has 0 N–H and O–H groups in total. The predicted octanol–water partition coefficient (Wildman–Crippen LogP) is 1.38. The average molecular weight is 288 g/mol. The SMILES string of the molecule is CCS(=O)(=O)CC(=O)N(c1nc(C)cs1)C1CC1. The van der Waals surface area contributed by atoms with Crippen molar-refractivity contribution in [3.8, 4) is 0 Å². The molecule has 0 saturated heterocycles. The molecule has 0 aliphatic heterocycles. The monoisotopic (exact) mass is 288 g/mol. The summed E-state index contributed by atoms with van der Waals surface area (Å²) in [6.07, 6.45) is 1.85. The molecule has 2 rings (SSSR count). The molecule has 0 unspecified atom stereocenters. The van der Waals surface area contributed by atoms with Crippen molar-refractivity contribution in [2.75, 3.05) is 16.4 Å². The van der Waals surface area contributed by atoms with Crippen molar-refractivity contribution in [3.05, 3.63) is 11.1 Å². The Bertz CT molecular complexity index is 546. The molecule has 1 fully saturated rings. The van der Waals surface area contributed by atoms with E-state index in [9.17, 15) is 13.2 Å². The minimum absolute atomic E-state index is 0.00581. The van der Waals surface area contributed by atoms with Crippen molar-refractivity contribution < 1.29 is 13.2 Å². The van der Waals surface area contributed by atoms with E-state index in [2.05, 4.69) is 4.98 Å². The van der Waals surface area contributed by atoms with E-state index in [0.717, 1.165) is 18.5 Å². The Balaban J connectivity index is 2.18. The van der Waals surface area contributed by atoms with Crippen LogP contribution in [0.5, 0.6) is 0 Å². The molecule has 0 bridgehead atoms. The average Bonchev–Trinajstić information content (AvgIpc) is 3.01. The van der Waals surface area contributed by atoms with Crippen LogP contribution in [0.4, 0.5) is 5.13 Å². The summed E-state index contributed by atoms with van der Waals surface area (Å²) in [7, 11) is -3.29. The highest BCUT2D eigenvalue weighted by atomic mass is 32.2. The second kappa shape index (κ2) is 4.97. The molecule has 1 amide bonds. The molecular weight excluding hydrogens is 272 g/mol. The minimum atomic E-state index is -3.29. The zero-order chi connectivity index (χ0) is 13.3. The van der Waals surface area contributed by atoms with Crippen LogP contribution in [0, 0.1) is 6.92 Å². The second-order valence-corrected chi connectivity index (χ2v) is 7.63. The maximum Gasteiger partial charge on any atom is 0.244 e. The molecule has 0 radical (unpaired) electrons. The summed E-state index contributed by atoms with van der Waals surface area (Å²) < 4.78 is 23.1. The highest BCUT2D eigenvalue weighted by Crippen LogP contribution is 2.33. The molecule has 1 saturated carbocycles. The van der Waals surface area contributed by atoms with E-state index in [4.69, 9.17) is 0 Å². The second-order valence-electron chi connectivity index (χ2n) is 4.44.